The van der Waals surface area contributed by atoms with Gasteiger partial charge in [-0.3, -0.25) is 0 Å². The number of hydrogen-bond acceptors (Lipinski definition) is 2. The first-order chi connectivity index (χ1) is 5.65. The maximum atomic E-state index is 13.1. The molecule has 3 heteroatoms. The summed E-state index contributed by atoms with van der Waals surface area (Å²) in [5.41, 5.74) is 1.47. The molecular weight excluding hydrogens is 157 g/mol. The van der Waals surface area contributed by atoms with Crippen LogP contribution in [0.1, 0.15) is 18.1 Å². The van der Waals surface area contributed by atoms with E-state index in [9.17, 15) is 4.39 Å². The molecule has 0 aliphatic rings. The fraction of sp³-hybridized carbons (Fsp3) is 0.222. The van der Waals surface area contributed by atoms with Gasteiger partial charge < -0.3 is 5.21 Å². The zero-order chi connectivity index (χ0) is 9.14. The summed E-state index contributed by atoms with van der Waals surface area (Å²) >= 11 is 0. The zero-order valence-corrected chi connectivity index (χ0v) is 7.00. The molecule has 0 fully saturated rings. The van der Waals surface area contributed by atoms with Crippen molar-refractivity contribution in [3.8, 4) is 0 Å². The molecule has 1 rings (SSSR count). The van der Waals surface area contributed by atoms with Crippen molar-refractivity contribution in [1.82, 2.24) is 0 Å². The molecule has 0 aromatic heterocycles. The van der Waals surface area contributed by atoms with E-state index in [4.69, 9.17) is 5.21 Å². The van der Waals surface area contributed by atoms with Crippen LogP contribution in [-0.2, 0) is 0 Å². The third-order valence-electron chi connectivity index (χ3n) is 1.66. The topological polar surface area (TPSA) is 32.6 Å². The van der Waals surface area contributed by atoms with Gasteiger partial charge in [0.1, 0.15) is 5.82 Å². The van der Waals surface area contributed by atoms with Gasteiger partial charge in [-0.2, -0.15) is 0 Å². The summed E-state index contributed by atoms with van der Waals surface area (Å²) in [4.78, 5) is 0. The molecule has 0 heterocycles. The number of benzene rings is 1. The number of aryl methyl sites for hydroxylation is 1. The van der Waals surface area contributed by atoms with E-state index < -0.39 is 0 Å². The predicted molar refractivity (Wildman–Crippen MR) is 45.1 cm³/mol. The van der Waals surface area contributed by atoms with Crippen molar-refractivity contribution in [2.24, 2.45) is 5.16 Å². The van der Waals surface area contributed by atoms with Gasteiger partial charge in [-0.1, -0.05) is 11.2 Å². The minimum absolute atomic E-state index is 0.285. The van der Waals surface area contributed by atoms with Gasteiger partial charge in [0.15, 0.2) is 0 Å². The lowest BCUT2D eigenvalue weighted by molar-refractivity contribution is 0.319. The Morgan fingerprint density at radius 3 is 2.67 bits per heavy atom. The number of hydrogen-bond donors (Lipinski definition) is 1. The number of nitrogens with zero attached hydrogens (tertiary/aromatic N) is 1. The second-order valence-corrected chi connectivity index (χ2v) is 2.67. The highest BCUT2D eigenvalue weighted by Crippen LogP contribution is 2.10. The van der Waals surface area contributed by atoms with Crippen LogP contribution >= 0.6 is 0 Å². The first kappa shape index (κ1) is 8.71. The van der Waals surface area contributed by atoms with Crippen LogP contribution in [-0.4, -0.2) is 10.9 Å². The Balaban J connectivity index is 3.18. The molecule has 1 aromatic carbocycles. The van der Waals surface area contributed by atoms with Gasteiger partial charge in [0.2, 0.25) is 0 Å². The fourth-order valence-corrected chi connectivity index (χ4v) is 0.967. The van der Waals surface area contributed by atoms with Crippen LogP contribution in [0.3, 0.4) is 0 Å². The van der Waals surface area contributed by atoms with Crippen LogP contribution in [0, 0.1) is 12.7 Å². The van der Waals surface area contributed by atoms with Crippen LogP contribution in [0.5, 0.6) is 0 Å². The predicted octanol–water partition coefficient (Wildman–Crippen LogP) is 2.33. The first-order valence-electron chi connectivity index (χ1n) is 3.60. The quantitative estimate of drug-likeness (QED) is 0.388. The first-order valence-corrected chi connectivity index (χ1v) is 3.60. The van der Waals surface area contributed by atoms with Crippen molar-refractivity contribution in [2.75, 3.05) is 0 Å². The Bertz CT molecular complexity index is 320. The average molecular weight is 167 g/mol. The van der Waals surface area contributed by atoms with Crippen molar-refractivity contribution < 1.29 is 9.60 Å². The molecule has 0 bridgehead atoms. The number of rotatable bonds is 1. The van der Waals surface area contributed by atoms with Crippen molar-refractivity contribution in [1.29, 1.82) is 0 Å². The summed E-state index contributed by atoms with van der Waals surface area (Å²) in [5, 5.41) is 11.3. The van der Waals surface area contributed by atoms with Gasteiger partial charge in [-0.05, 0) is 31.5 Å². The molecule has 1 N–H and O–H groups in total. The van der Waals surface area contributed by atoms with Crippen LogP contribution in [0.4, 0.5) is 4.39 Å². The monoisotopic (exact) mass is 167 g/mol. The molecule has 1 aromatic rings. The molecular formula is C9H10FNO. The van der Waals surface area contributed by atoms with E-state index in [1.807, 2.05) is 0 Å². The largest absolute Gasteiger partial charge is 0.411 e. The third-order valence-corrected chi connectivity index (χ3v) is 1.66. The Morgan fingerprint density at radius 1 is 1.50 bits per heavy atom. The van der Waals surface area contributed by atoms with Crippen molar-refractivity contribution >= 4 is 5.71 Å². The summed E-state index contributed by atoms with van der Waals surface area (Å²) in [7, 11) is 0. The third kappa shape index (κ3) is 1.61. The van der Waals surface area contributed by atoms with Gasteiger partial charge >= 0.3 is 0 Å². The van der Waals surface area contributed by atoms with Gasteiger partial charge in [-0.25, -0.2) is 4.39 Å². The molecule has 64 valence electrons. The Kier molecular flexibility index (Phi) is 2.43. The molecule has 0 amide bonds. The molecule has 0 aliphatic heterocycles. The van der Waals surface area contributed by atoms with E-state index in [-0.39, 0.29) is 11.5 Å². The van der Waals surface area contributed by atoms with Crippen LogP contribution in [0.15, 0.2) is 23.4 Å². The molecule has 0 spiro atoms. The summed E-state index contributed by atoms with van der Waals surface area (Å²) in [5.74, 6) is -0.356. The maximum Gasteiger partial charge on any atom is 0.132 e. The lowest BCUT2D eigenvalue weighted by Crippen LogP contribution is -1.98. The molecule has 2 nitrogen and oxygen atoms in total. The van der Waals surface area contributed by atoms with E-state index in [1.54, 1.807) is 26.0 Å². The standard InChI is InChI=1S/C9H10FNO/c1-6-3-4-8(7(2)11-12)9(10)5-6/h3-5,12H,1-2H3/b11-7+. The van der Waals surface area contributed by atoms with Crippen LogP contribution in [0.25, 0.3) is 0 Å². The summed E-state index contributed by atoms with van der Waals surface area (Å²) in [6, 6.07) is 4.77. The highest BCUT2D eigenvalue weighted by atomic mass is 19.1. The lowest BCUT2D eigenvalue weighted by atomic mass is 10.1. The molecule has 0 saturated heterocycles. The summed E-state index contributed by atoms with van der Waals surface area (Å²) < 4.78 is 13.1. The molecule has 12 heavy (non-hydrogen) atoms. The Hall–Kier alpha value is -1.38. The van der Waals surface area contributed by atoms with E-state index in [0.29, 0.717) is 5.56 Å². The number of halogens is 1. The van der Waals surface area contributed by atoms with Crippen LogP contribution in [0.2, 0.25) is 0 Å². The minimum Gasteiger partial charge on any atom is -0.411 e. The van der Waals surface area contributed by atoms with Gasteiger partial charge in [-0.15, -0.1) is 0 Å². The van der Waals surface area contributed by atoms with Crippen molar-refractivity contribution in [2.45, 2.75) is 13.8 Å². The molecule has 0 aliphatic carbocycles. The van der Waals surface area contributed by atoms with E-state index in [1.165, 1.54) is 6.07 Å². The smallest absolute Gasteiger partial charge is 0.132 e. The average Bonchev–Trinajstić information content (AvgIpc) is 2.03. The lowest BCUT2D eigenvalue weighted by Gasteiger charge is -2.00. The highest BCUT2D eigenvalue weighted by molar-refractivity contribution is 5.98. The molecule has 0 atom stereocenters. The second-order valence-electron chi connectivity index (χ2n) is 2.67. The number of oxime groups is 1. The molecule has 0 unspecified atom stereocenters. The molecule has 0 radical (unpaired) electrons. The molecule has 0 saturated carbocycles. The van der Waals surface area contributed by atoms with Gasteiger partial charge in [0.25, 0.3) is 0 Å². The van der Waals surface area contributed by atoms with Crippen LogP contribution < -0.4 is 0 Å². The minimum atomic E-state index is -0.356. The zero-order valence-electron chi connectivity index (χ0n) is 7.00. The Labute approximate surface area is 70.3 Å². The highest BCUT2D eigenvalue weighted by Gasteiger charge is 2.04. The van der Waals surface area contributed by atoms with Crippen molar-refractivity contribution in [3.63, 3.8) is 0 Å². The second kappa shape index (κ2) is 3.34. The van der Waals surface area contributed by atoms with E-state index in [2.05, 4.69) is 5.16 Å². The normalized spacial score (nSPS) is 11.8. The fourth-order valence-electron chi connectivity index (χ4n) is 0.967. The van der Waals surface area contributed by atoms with E-state index >= 15 is 0 Å². The maximum absolute atomic E-state index is 13.1. The summed E-state index contributed by atoms with van der Waals surface area (Å²) in [6.45, 7) is 3.35. The van der Waals surface area contributed by atoms with Gasteiger partial charge in [0, 0.05) is 5.56 Å². The van der Waals surface area contributed by atoms with Crippen molar-refractivity contribution in [3.05, 3.63) is 35.1 Å². The van der Waals surface area contributed by atoms with E-state index in [0.717, 1.165) is 5.56 Å². The Morgan fingerprint density at radius 2 is 2.17 bits per heavy atom. The van der Waals surface area contributed by atoms with Gasteiger partial charge in [0.05, 0.1) is 5.71 Å². The summed E-state index contributed by atoms with van der Waals surface area (Å²) in [6.07, 6.45) is 0. The SMILES string of the molecule is C/C(=N\O)c1ccc(C)cc1F.